The van der Waals surface area contributed by atoms with Gasteiger partial charge in [0.1, 0.15) is 11.6 Å². The van der Waals surface area contributed by atoms with Crippen molar-refractivity contribution in [2.75, 3.05) is 7.11 Å². The number of pyridine rings is 1. The Bertz CT molecular complexity index is 560. The highest BCUT2D eigenvalue weighted by atomic mass is 19.1. The molecule has 0 N–H and O–H groups in total. The minimum Gasteiger partial charge on any atom is -0.493 e. The Kier molecular flexibility index (Phi) is 2.22. The van der Waals surface area contributed by atoms with E-state index in [-0.39, 0.29) is 0 Å². The number of hydrogen-bond donors (Lipinski definition) is 0. The first kappa shape index (κ1) is 9.41. The second-order valence-corrected chi connectivity index (χ2v) is 2.96. The van der Waals surface area contributed by atoms with Crippen LogP contribution in [0.15, 0.2) is 24.3 Å². The molecule has 2 rings (SSSR count). The van der Waals surface area contributed by atoms with Crippen molar-refractivity contribution in [3.63, 3.8) is 0 Å². The molecule has 1 aromatic carbocycles. The van der Waals surface area contributed by atoms with E-state index in [2.05, 4.69) is 4.98 Å². The third kappa shape index (κ3) is 1.48. The Balaban J connectivity index is 2.86. The molecule has 0 aliphatic heterocycles. The van der Waals surface area contributed by atoms with Gasteiger partial charge in [-0.3, -0.25) is 0 Å². The number of methoxy groups -OCH3 is 1. The van der Waals surface area contributed by atoms with Crippen LogP contribution in [-0.4, -0.2) is 12.1 Å². The van der Waals surface area contributed by atoms with E-state index >= 15 is 0 Å². The maximum absolute atomic E-state index is 12.9. The zero-order chi connectivity index (χ0) is 10.8. The molecule has 0 atom stereocenters. The number of fused-ring (bicyclic) bond motifs is 1. The van der Waals surface area contributed by atoms with Gasteiger partial charge in [-0.15, -0.1) is 0 Å². The maximum Gasteiger partial charge on any atom is 0.213 e. The summed E-state index contributed by atoms with van der Waals surface area (Å²) in [6.07, 6.45) is 0. The molecule has 1 aromatic heterocycles. The summed E-state index contributed by atoms with van der Waals surface area (Å²) in [7, 11) is 1.43. The quantitative estimate of drug-likeness (QED) is 0.666. The van der Waals surface area contributed by atoms with Crippen molar-refractivity contribution in [2.24, 2.45) is 0 Å². The van der Waals surface area contributed by atoms with E-state index < -0.39 is 5.95 Å². The van der Waals surface area contributed by atoms with Crippen LogP contribution < -0.4 is 4.74 Å². The number of nitriles is 1. The third-order valence-electron chi connectivity index (χ3n) is 2.11. The molecule has 4 heteroatoms. The Hall–Kier alpha value is -2.15. The summed E-state index contributed by atoms with van der Waals surface area (Å²) < 4.78 is 18.0. The lowest BCUT2D eigenvalue weighted by Gasteiger charge is -2.05. The highest BCUT2D eigenvalue weighted by Gasteiger charge is 2.09. The fourth-order valence-corrected chi connectivity index (χ4v) is 1.43. The van der Waals surface area contributed by atoms with Crippen molar-refractivity contribution >= 4 is 10.9 Å². The van der Waals surface area contributed by atoms with E-state index in [1.807, 2.05) is 6.07 Å². The van der Waals surface area contributed by atoms with E-state index in [0.29, 0.717) is 16.8 Å². The van der Waals surface area contributed by atoms with E-state index in [0.717, 1.165) is 5.39 Å². The third-order valence-corrected chi connectivity index (χ3v) is 2.11. The molecule has 0 saturated carbocycles. The van der Waals surface area contributed by atoms with Crippen LogP contribution in [0.4, 0.5) is 4.39 Å². The summed E-state index contributed by atoms with van der Waals surface area (Å²) in [5.74, 6) is -0.273. The molecule has 3 nitrogen and oxygen atoms in total. The topological polar surface area (TPSA) is 45.9 Å². The second-order valence-electron chi connectivity index (χ2n) is 2.96. The summed E-state index contributed by atoms with van der Waals surface area (Å²) in [6, 6.07) is 8.18. The fraction of sp³-hybridized carbons (Fsp3) is 0.0909. The molecule has 0 aliphatic rings. The summed E-state index contributed by atoms with van der Waals surface area (Å²) >= 11 is 0. The van der Waals surface area contributed by atoms with Gasteiger partial charge in [0.15, 0.2) is 5.75 Å². The molecule has 0 spiro atoms. The van der Waals surface area contributed by atoms with Gasteiger partial charge in [0.25, 0.3) is 0 Å². The monoisotopic (exact) mass is 202 g/mol. The Morgan fingerprint density at radius 2 is 2.07 bits per heavy atom. The number of halogens is 1. The molecule has 15 heavy (non-hydrogen) atoms. The SMILES string of the molecule is COc1c(C#N)ccc2ccc(F)nc12. The molecule has 74 valence electrons. The van der Waals surface area contributed by atoms with E-state index in [1.165, 1.54) is 13.2 Å². The summed E-state index contributed by atoms with van der Waals surface area (Å²) in [5.41, 5.74) is 0.722. The highest BCUT2D eigenvalue weighted by molar-refractivity contribution is 5.86. The van der Waals surface area contributed by atoms with Gasteiger partial charge in [0.05, 0.1) is 12.7 Å². The fourth-order valence-electron chi connectivity index (χ4n) is 1.43. The van der Waals surface area contributed by atoms with Crippen molar-refractivity contribution in [1.82, 2.24) is 4.98 Å². The molecule has 0 aliphatic carbocycles. The first-order chi connectivity index (χ1) is 7.26. The Labute approximate surface area is 85.7 Å². The number of hydrogen-bond acceptors (Lipinski definition) is 3. The molecule has 0 amide bonds. The van der Waals surface area contributed by atoms with Gasteiger partial charge in [-0.1, -0.05) is 6.07 Å². The minimum absolute atomic E-state index is 0.314. The van der Waals surface area contributed by atoms with Crippen LogP contribution in [0.3, 0.4) is 0 Å². The van der Waals surface area contributed by atoms with Crippen LogP contribution in [0.5, 0.6) is 5.75 Å². The minimum atomic E-state index is -0.587. The standard InChI is InChI=1S/C11H7FN2O/c1-15-11-8(6-13)3-2-7-4-5-9(12)14-10(7)11/h2-5H,1H3. The van der Waals surface area contributed by atoms with Crippen molar-refractivity contribution < 1.29 is 9.13 Å². The van der Waals surface area contributed by atoms with Crippen molar-refractivity contribution in [1.29, 1.82) is 5.26 Å². The van der Waals surface area contributed by atoms with Crippen LogP contribution in [-0.2, 0) is 0 Å². The van der Waals surface area contributed by atoms with Crippen LogP contribution >= 0.6 is 0 Å². The molecular weight excluding hydrogens is 195 g/mol. The summed E-state index contributed by atoms with van der Waals surface area (Å²) in [4.78, 5) is 3.71. The lowest BCUT2D eigenvalue weighted by atomic mass is 10.1. The predicted molar refractivity (Wildman–Crippen MR) is 53.0 cm³/mol. The average Bonchev–Trinajstić information content (AvgIpc) is 2.27. The van der Waals surface area contributed by atoms with Crippen LogP contribution in [0.25, 0.3) is 10.9 Å². The maximum atomic E-state index is 12.9. The van der Waals surface area contributed by atoms with E-state index in [1.54, 1.807) is 18.2 Å². The molecule has 0 radical (unpaired) electrons. The number of ether oxygens (including phenoxy) is 1. The molecule has 0 unspecified atom stereocenters. The number of aromatic nitrogens is 1. The Morgan fingerprint density at radius 1 is 1.33 bits per heavy atom. The lowest BCUT2D eigenvalue weighted by Crippen LogP contribution is -1.93. The molecule has 0 saturated heterocycles. The zero-order valence-electron chi connectivity index (χ0n) is 7.99. The van der Waals surface area contributed by atoms with Gasteiger partial charge in [-0.05, 0) is 18.2 Å². The molecule has 0 bridgehead atoms. The van der Waals surface area contributed by atoms with E-state index in [9.17, 15) is 4.39 Å². The molecular formula is C11H7FN2O. The smallest absolute Gasteiger partial charge is 0.213 e. The Morgan fingerprint density at radius 3 is 2.73 bits per heavy atom. The predicted octanol–water partition coefficient (Wildman–Crippen LogP) is 2.25. The van der Waals surface area contributed by atoms with Crippen molar-refractivity contribution in [3.05, 3.63) is 35.8 Å². The van der Waals surface area contributed by atoms with Crippen molar-refractivity contribution in [2.45, 2.75) is 0 Å². The number of benzene rings is 1. The normalized spacial score (nSPS) is 9.93. The average molecular weight is 202 g/mol. The van der Waals surface area contributed by atoms with E-state index in [4.69, 9.17) is 10.00 Å². The zero-order valence-corrected chi connectivity index (χ0v) is 7.99. The van der Waals surface area contributed by atoms with Gasteiger partial charge in [0.2, 0.25) is 5.95 Å². The van der Waals surface area contributed by atoms with Gasteiger partial charge < -0.3 is 4.74 Å². The lowest BCUT2D eigenvalue weighted by molar-refractivity contribution is 0.417. The molecule has 2 aromatic rings. The van der Waals surface area contributed by atoms with Crippen LogP contribution in [0, 0.1) is 17.3 Å². The number of nitrogens with zero attached hydrogens (tertiary/aromatic N) is 2. The van der Waals surface area contributed by atoms with Crippen LogP contribution in [0.2, 0.25) is 0 Å². The molecule has 1 heterocycles. The molecule has 0 fully saturated rings. The highest BCUT2D eigenvalue weighted by Crippen LogP contribution is 2.27. The summed E-state index contributed by atoms with van der Waals surface area (Å²) in [5, 5.41) is 9.57. The van der Waals surface area contributed by atoms with Crippen LogP contribution in [0.1, 0.15) is 5.56 Å². The van der Waals surface area contributed by atoms with Crippen molar-refractivity contribution in [3.8, 4) is 11.8 Å². The van der Waals surface area contributed by atoms with Gasteiger partial charge in [-0.25, -0.2) is 4.98 Å². The first-order valence-corrected chi connectivity index (χ1v) is 4.29. The second kappa shape index (κ2) is 3.54. The van der Waals surface area contributed by atoms with Gasteiger partial charge >= 0.3 is 0 Å². The first-order valence-electron chi connectivity index (χ1n) is 4.29. The van der Waals surface area contributed by atoms with Gasteiger partial charge in [-0.2, -0.15) is 9.65 Å². The number of rotatable bonds is 1. The largest absolute Gasteiger partial charge is 0.493 e. The van der Waals surface area contributed by atoms with Gasteiger partial charge in [0, 0.05) is 5.39 Å². The summed E-state index contributed by atoms with van der Waals surface area (Å²) in [6.45, 7) is 0.